The van der Waals surface area contributed by atoms with Crippen molar-refractivity contribution in [2.24, 2.45) is 5.92 Å². The molecular weight excluding hydrogens is 276 g/mol. The molecule has 22 heavy (non-hydrogen) atoms. The molecule has 0 saturated carbocycles. The zero-order chi connectivity index (χ0) is 15.7. The number of amides is 2. The summed E-state index contributed by atoms with van der Waals surface area (Å²) in [6, 6.07) is 7.76. The lowest BCUT2D eigenvalue weighted by atomic mass is 10.0. The fourth-order valence-electron chi connectivity index (χ4n) is 3.76. The maximum Gasteiger partial charge on any atom is 0.261 e. The van der Waals surface area contributed by atoms with E-state index in [1.807, 2.05) is 12.1 Å². The van der Waals surface area contributed by atoms with Gasteiger partial charge in [-0.2, -0.15) is 0 Å². The lowest BCUT2D eigenvalue weighted by Gasteiger charge is -2.28. The second kappa shape index (κ2) is 6.21. The number of imide groups is 1. The molecule has 4 nitrogen and oxygen atoms in total. The smallest absolute Gasteiger partial charge is 0.261 e. The van der Waals surface area contributed by atoms with Gasteiger partial charge in [0.1, 0.15) is 0 Å². The quantitative estimate of drug-likeness (QED) is 0.785. The van der Waals surface area contributed by atoms with E-state index in [4.69, 9.17) is 0 Å². The summed E-state index contributed by atoms with van der Waals surface area (Å²) in [5.74, 6) is 0.395. The van der Waals surface area contributed by atoms with Gasteiger partial charge in [0.25, 0.3) is 11.8 Å². The summed E-state index contributed by atoms with van der Waals surface area (Å²) in [5.41, 5.74) is 1.10. The van der Waals surface area contributed by atoms with Crippen LogP contribution in [0.2, 0.25) is 0 Å². The lowest BCUT2D eigenvalue weighted by molar-refractivity contribution is 0.0645. The molecule has 1 atom stereocenters. The molecule has 4 heteroatoms. The van der Waals surface area contributed by atoms with Crippen LogP contribution in [0.25, 0.3) is 0 Å². The summed E-state index contributed by atoms with van der Waals surface area (Å²) < 4.78 is 0. The van der Waals surface area contributed by atoms with E-state index in [-0.39, 0.29) is 11.8 Å². The SMILES string of the molecule is CC(C)[C@H]1CCCN1CCCN1C(=O)c2ccccc2C1=O. The highest BCUT2D eigenvalue weighted by atomic mass is 16.2. The van der Waals surface area contributed by atoms with Crippen LogP contribution in [0.4, 0.5) is 0 Å². The largest absolute Gasteiger partial charge is 0.300 e. The van der Waals surface area contributed by atoms with Crippen molar-refractivity contribution in [3.8, 4) is 0 Å². The van der Waals surface area contributed by atoms with Gasteiger partial charge in [-0.05, 0) is 43.9 Å². The van der Waals surface area contributed by atoms with E-state index in [0.717, 1.165) is 19.5 Å². The first kappa shape index (κ1) is 15.2. The van der Waals surface area contributed by atoms with Crippen molar-refractivity contribution in [2.75, 3.05) is 19.6 Å². The van der Waals surface area contributed by atoms with Crippen LogP contribution in [0, 0.1) is 5.92 Å². The number of carbonyl (C=O) groups is 2. The van der Waals surface area contributed by atoms with E-state index in [0.29, 0.717) is 29.6 Å². The molecule has 0 aromatic heterocycles. The minimum Gasteiger partial charge on any atom is -0.300 e. The van der Waals surface area contributed by atoms with E-state index >= 15 is 0 Å². The molecule has 3 rings (SSSR count). The predicted octanol–water partition coefficient (Wildman–Crippen LogP) is 2.79. The Morgan fingerprint density at radius 3 is 2.32 bits per heavy atom. The standard InChI is InChI=1S/C18H24N2O2/c1-13(2)16-9-5-10-19(16)11-6-12-20-17(21)14-7-3-4-8-15(14)18(20)22/h3-4,7-8,13,16H,5-6,9-12H2,1-2H3/t16-/m1/s1. The highest BCUT2D eigenvalue weighted by molar-refractivity contribution is 6.21. The first-order valence-corrected chi connectivity index (χ1v) is 8.29. The Morgan fingerprint density at radius 1 is 1.09 bits per heavy atom. The molecule has 0 aliphatic carbocycles. The molecule has 0 N–H and O–H groups in total. The monoisotopic (exact) mass is 300 g/mol. The topological polar surface area (TPSA) is 40.6 Å². The van der Waals surface area contributed by atoms with Gasteiger partial charge < -0.3 is 4.90 Å². The summed E-state index contributed by atoms with van der Waals surface area (Å²) in [7, 11) is 0. The minimum atomic E-state index is -0.137. The van der Waals surface area contributed by atoms with E-state index in [9.17, 15) is 9.59 Å². The highest BCUT2D eigenvalue weighted by Crippen LogP contribution is 2.25. The average Bonchev–Trinajstić information content (AvgIpc) is 3.07. The van der Waals surface area contributed by atoms with Crippen molar-refractivity contribution < 1.29 is 9.59 Å². The van der Waals surface area contributed by atoms with Gasteiger partial charge in [-0.15, -0.1) is 0 Å². The number of benzene rings is 1. The van der Waals surface area contributed by atoms with Gasteiger partial charge in [0.15, 0.2) is 0 Å². The van der Waals surface area contributed by atoms with E-state index in [1.54, 1.807) is 12.1 Å². The Labute approximate surface area is 132 Å². The summed E-state index contributed by atoms with van der Waals surface area (Å²) in [5, 5.41) is 0. The van der Waals surface area contributed by atoms with Crippen molar-refractivity contribution in [3.05, 3.63) is 35.4 Å². The molecule has 1 aromatic carbocycles. The number of nitrogens with zero attached hydrogens (tertiary/aromatic N) is 2. The molecular formula is C18H24N2O2. The zero-order valence-electron chi connectivity index (χ0n) is 13.4. The maximum atomic E-state index is 12.3. The molecule has 2 heterocycles. The first-order chi connectivity index (χ1) is 10.6. The number of carbonyl (C=O) groups excluding carboxylic acids is 2. The minimum absolute atomic E-state index is 0.137. The van der Waals surface area contributed by atoms with Crippen LogP contribution in [0.3, 0.4) is 0 Å². The lowest BCUT2D eigenvalue weighted by Crippen LogP contribution is -2.37. The average molecular weight is 300 g/mol. The molecule has 118 valence electrons. The van der Waals surface area contributed by atoms with E-state index in [1.165, 1.54) is 17.7 Å². The van der Waals surface area contributed by atoms with Crippen molar-refractivity contribution in [3.63, 3.8) is 0 Å². The Balaban J connectivity index is 1.57. The second-order valence-electron chi connectivity index (χ2n) is 6.65. The van der Waals surface area contributed by atoms with Crippen LogP contribution in [-0.4, -0.2) is 47.3 Å². The fourth-order valence-corrected chi connectivity index (χ4v) is 3.76. The summed E-state index contributed by atoms with van der Waals surface area (Å²) in [6.07, 6.45) is 3.38. The molecule has 2 aliphatic rings. The third-order valence-corrected chi connectivity index (χ3v) is 4.89. The Bertz CT molecular complexity index is 547. The number of likely N-dealkylation sites (tertiary alicyclic amines) is 1. The highest BCUT2D eigenvalue weighted by Gasteiger charge is 2.35. The van der Waals surface area contributed by atoms with Gasteiger partial charge in [0.2, 0.25) is 0 Å². The summed E-state index contributed by atoms with van der Waals surface area (Å²) in [6.45, 7) is 7.18. The van der Waals surface area contributed by atoms with E-state index in [2.05, 4.69) is 18.7 Å². The van der Waals surface area contributed by atoms with Crippen molar-refractivity contribution in [1.82, 2.24) is 9.80 Å². The van der Waals surface area contributed by atoms with Crippen LogP contribution < -0.4 is 0 Å². The molecule has 0 radical (unpaired) electrons. The first-order valence-electron chi connectivity index (χ1n) is 8.29. The van der Waals surface area contributed by atoms with Crippen LogP contribution in [-0.2, 0) is 0 Å². The summed E-state index contributed by atoms with van der Waals surface area (Å²) in [4.78, 5) is 28.5. The van der Waals surface area contributed by atoms with Gasteiger partial charge in [-0.25, -0.2) is 0 Å². The van der Waals surface area contributed by atoms with Crippen LogP contribution in [0.1, 0.15) is 53.8 Å². The normalized spacial score (nSPS) is 22.0. The fraction of sp³-hybridized carbons (Fsp3) is 0.556. The third-order valence-electron chi connectivity index (χ3n) is 4.89. The van der Waals surface area contributed by atoms with Crippen LogP contribution >= 0.6 is 0 Å². The molecule has 1 aromatic rings. The number of hydrogen-bond acceptors (Lipinski definition) is 3. The molecule has 1 saturated heterocycles. The second-order valence-corrected chi connectivity index (χ2v) is 6.65. The Kier molecular flexibility index (Phi) is 4.30. The molecule has 0 spiro atoms. The van der Waals surface area contributed by atoms with Crippen LogP contribution in [0.5, 0.6) is 0 Å². The molecule has 2 amide bonds. The molecule has 0 unspecified atom stereocenters. The number of hydrogen-bond donors (Lipinski definition) is 0. The number of fused-ring (bicyclic) bond motifs is 1. The van der Waals surface area contributed by atoms with Gasteiger partial charge in [-0.1, -0.05) is 26.0 Å². The maximum absolute atomic E-state index is 12.3. The zero-order valence-corrected chi connectivity index (χ0v) is 13.4. The Morgan fingerprint density at radius 2 is 1.73 bits per heavy atom. The predicted molar refractivity (Wildman–Crippen MR) is 85.9 cm³/mol. The molecule has 1 fully saturated rings. The van der Waals surface area contributed by atoms with Crippen molar-refractivity contribution in [2.45, 2.75) is 39.2 Å². The summed E-state index contributed by atoms with van der Waals surface area (Å²) >= 11 is 0. The van der Waals surface area contributed by atoms with Crippen molar-refractivity contribution in [1.29, 1.82) is 0 Å². The Hall–Kier alpha value is -1.68. The van der Waals surface area contributed by atoms with E-state index < -0.39 is 0 Å². The van der Waals surface area contributed by atoms with Gasteiger partial charge in [0.05, 0.1) is 11.1 Å². The van der Waals surface area contributed by atoms with Gasteiger partial charge >= 0.3 is 0 Å². The van der Waals surface area contributed by atoms with Crippen LogP contribution in [0.15, 0.2) is 24.3 Å². The van der Waals surface area contributed by atoms with Crippen molar-refractivity contribution >= 4 is 11.8 Å². The molecule has 0 bridgehead atoms. The van der Waals surface area contributed by atoms with Gasteiger partial charge in [0, 0.05) is 19.1 Å². The third kappa shape index (κ3) is 2.68. The number of rotatable bonds is 5. The van der Waals surface area contributed by atoms with Gasteiger partial charge in [-0.3, -0.25) is 14.5 Å². The molecule has 2 aliphatic heterocycles.